The first-order chi connectivity index (χ1) is 15.1. The van der Waals surface area contributed by atoms with Crippen molar-refractivity contribution >= 4 is 22.6 Å². The van der Waals surface area contributed by atoms with Crippen LogP contribution < -0.4 is 15.8 Å². The third-order valence-electron chi connectivity index (χ3n) is 4.79. The van der Waals surface area contributed by atoms with E-state index in [1.54, 1.807) is 24.3 Å². The first kappa shape index (κ1) is 23.9. The summed E-state index contributed by atoms with van der Waals surface area (Å²) >= 11 is 0. The van der Waals surface area contributed by atoms with Crippen molar-refractivity contribution < 1.29 is 15.1 Å². The summed E-state index contributed by atoms with van der Waals surface area (Å²) in [6, 6.07) is 16.9. The fourth-order valence-corrected chi connectivity index (χ4v) is 3.08. The Bertz CT molecular complexity index is 973. The van der Waals surface area contributed by atoms with Crippen LogP contribution in [0.5, 0.6) is 11.5 Å². The predicted octanol–water partition coefficient (Wildman–Crippen LogP) is 3.48. The Morgan fingerprint density at radius 1 is 1.10 bits per heavy atom. The third kappa shape index (κ3) is 6.56. The van der Waals surface area contributed by atoms with E-state index in [0.29, 0.717) is 11.3 Å². The lowest BCUT2D eigenvalue weighted by atomic mass is 10.2. The Morgan fingerprint density at radius 3 is 2.42 bits per heavy atom. The molecule has 0 bridgehead atoms. The average molecular weight is 426 g/mol. The fourth-order valence-electron chi connectivity index (χ4n) is 3.08. The van der Waals surface area contributed by atoms with E-state index >= 15 is 0 Å². The first-order valence-electron chi connectivity index (χ1n) is 10.2. The van der Waals surface area contributed by atoms with Gasteiger partial charge in [-0.05, 0) is 49.5 Å². The molecule has 0 fully saturated rings. The normalized spacial score (nSPS) is 11.2. The van der Waals surface area contributed by atoms with Crippen LogP contribution in [0, 0.1) is 0 Å². The van der Waals surface area contributed by atoms with Crippen molar-refractivity contribution in [2.24, 2.45) is 10.9 Å². The number of hydrogen-bond donors (Lipinski definition) is 4. The number of aliphatic hydroxyl groups is 1. The van der Waals surface area contributed by atoms with Crippen LogP contribution in [-0.4, -0.2) is 59.3 Å². The van der Waals surface area contributed by atoms with E-state index in [4.69, 9.17) is 25.8 Å². The molecule has 0 saturated carbocycles. The molecule has 0 unspecified atom stereocenters. The lowest BCUT2D eigenvalue weighted by Crippen LogP contribution is -2.28. The number of nitrogens with zero attached hydrogens (tertiary/aromatic N) is 3. The van der Waals surface area contributed by atoms with E-state index < -0.39 is 0 Å². The number of benzene rings is 2. The Hall–Kier alpha value is -3.36. The van der Waals surface area contributed by atoms with Crippen LogP contribution in [0.1, 0.15) is 19.4 Å². The summed E-state index contributed by atoms with van der Waals surface area (Å²) in [5, 5.41) is 23.1. The van der Waals surface area contributed by atoms with Crippen LogP contribution in [0.3, 0.4) is 0 Å². The second-order valence-electron chi connectivity index (χ2n) is 6.59. The molecular formula is C23H31N5O3. The second kappa shape index (κ2) is 12.4. The fraction of sp³-hybridized carbons (Fsp3) is 0.304. The largest absolute Gasteiger partial charge is 0.457 e. The SMILES string of the molecule is CCN(CC)CCNc1cc(Oc2ccc(/C(N)=N/O)cc2)c2ccccc2n1.CO. The predicted molar refractivity (Wildman–Crippen MR) is 125 cm³/mol. The van der Waals surface area contributed by atoms with Gasteiger partial charge in [-0.25, -0.2) is 4.98 Å². The summed E-state index contributed by atoms with van der Waals surface area (Å²) in [7, 11) is 1.00. The van der Waals surface area contributed by atoms with Gasteiger partial charge in [0.2, 0.25) is 0 Å². The Kier molecular flexibility index (Phi) is 9.54. The summed E-state index contributed by atoms with van der Waals surface area (Å²) in [6.45, 7) is 8.14. The van der Waals surface area contributed by atoms with Gasteiger partial charge in [-0.3, -0.25) is 0 Å². The standard InChI is InChI=1S/C22H27N5O2.CH4O/c1-3-27(4-2)14-13-24-21-15-20(18-7-5-6-8-19(18)25-21)29-17-11-9-16(10-12-17)22(23)26-28;1-2/h5-12,15,28H,3-4,13-14H2,1-2H3,(H2,23,26)(H,24,25);2H,1H3. The highest BCUT2D eigenvalue weighted by molar-refractivity contribution is 5.97. The quantitative estimate of drug-likeness (QED) is 0.179. The zero-order valence-electron chi connectivity index (χ0n) is 18.2. The third-order valence-corrected chi connectivity index (χ3v) is 4.79. The average Bonchev–Trinajstić information content (AvgIpc) is 2.83. The summed E-state index contributed by atoms with van der Waals surface area (Å²) in [4.78, 5) is 7.06. The highest BCUT2D eigenvalue weighted by Gasteiger charge is 2.09. The van der Waals surface area contributed by atoms with Gasteiger partial charge in [0.1, 0.15) is 17.3 Å². The van der Waals surface area contributed by atoms with E-state index in [2.05, 4.69) is 29.2 Å². The maximum atomic E-state index is 8.79. The number of para-hydroxylation sites is 1. The molecule has 8 nitrogen and oxygen atoms in total. The number of nitrogens with two attached hydrogens (primary N) is 1. The number of fused-ring (bicyclic) bond motifs is 1. The Morgan fingerprint density at radius 2 is 1.77 bits per heavy atom. The van der Waals surface area contributed by atoms with Crippen LogP contribution in [0.15, 0.2) is 59.8 Å². The molecule has 2 aromatic carbocycles. The smallest absolute Gasteiger partial charge is 0.170 e. The van der Waals surface area contributed by atoms with Gasteiger partial charge in [0.15, 0.2) is 5.84 Å². The molecular weight excluding hydrogens is 394 g/mol. The van der Waals surface area contributed by atoms with Crippen LogP contribution in [0.2, 0.25) is 0 Å². The van der Waals surface area contributed by atoms with Crippen molar-refractivity contribution in [1.82, 2.24) is 9.88 Å². The molecule has 166 valence electrons. The van der Waals surface area contributed by atoms with Crippen molar-refractivity contribution in [1.29, 1.82) is 0 Å². The van der Waals surface area contributed by atoms with Gasteiger partial charge in [0.05, 0.1) is 5.52 Å². The number of amidine groups is 1. The number of likely N-dealkylation sites (N-methyl/N-ethyl adjacent to an activating group) is 1. The molecule has 1 heterocycles. The van der Waals surface area contributed by atoms with E-state index in [-0.39, 0.29) is 5.84 Å². The molecule has 0 spiro atoms. The van der Waals surface area contributed by atoms with Crippen molar-refractivity contribution in [3.63, 3.8) is 0 Å². The van der Waals surface area contributed by atoms with Gasteiger partial charge in [0.25, 0.3) is 0 Å². The Labute approximate surface area is 183 Å². The zero-order valence-corrected chi connectivity index (χ0v) is 18.2. The van der Waals surface area contributed by atoms with Gasteiger partial charge in [-0.15, -0.1) is 0 Å². The Balaban J connectivity index is 0.00000166. The molecule has 8 heteroatoms. The van der Waals surface area contributed by atoms with Crippen LogP contribution >= 0.6 is 0 Å². The monoisotopic (exact) mass is 425 g/mol. The van der Waals surface area contributed by atoms with Gasteiger partial charge >= 0.3 is 0 Å². The maximum absolute atomic E-state index is 8.79. The lowest BCUT2D eigenvalue weighted by molar-refractivity contribution is 0.316. The molecule has 3 aromatic rings. The molecule has 0 aliphatic carbocycles. The highest BCUT2D eigenvalue weighted by atomic mass is 16.5. The topological polar surface area (TPSA) is 116 Å². The summed E-state index contributed by atoms with van der Waals surface area (Å²) in [6.07, 6.45) is 0. The van der Waals surface area contributed by atoms with Crippen molar-refractivity contribution in [3.05, 3.63) is 60.2 Å². The number of nitrogens with one attached hydrogen (secondary N) is 1. The zero-order chi connectivity index (χ0) is 22.6. The molecule has 0 aliphatic rings. The van der Waals surface area contributed by atoms with Gasteiger partial charge < -0.3 is 31.0 Å². The minimum Gasteiger partial charge on any atom is -0.457 e. The van der Waals surface area contributed by atoms with Crippen LogP contribution in [0.25, 0.3) is 10.9 Å². The minimum atomic E-state index is 0.0607. The van der Waals surface area contributed by atoms with Gasteiger partial charge in [-0.2, -0.15) is 0 Å². The van der Waals surface area contributed by atoms with E-state index in [0.717, 1.165) is 55.8 Å². The summed E-state index contributed by atoms with van der Waals surface area (Å²) < 4.78 is 6.14. The number of aromatic nitrogens is 1. The minimum absolute atomic E-state index is 0.0607. The van der Waals surface area contributed by atoms with E-state index in [1.807, 2.05) is 30.3 Å². The lowest BCUT2D eigenvalue weighted by Gasteiger charge is -2.18. The molecule has 0 amide bonds. The number of ether oxygens (including phenoxy) is 1. The summed E-state index contributed by atoms with van der Waals surface area (Å²) in [5.74, 6) is 2.21. The van der Waals surface area contributed by atoms with Crippen molar-refractivity contribution in [2.45, 2.75) is 13.8 Å². The van der Waals surface area contributed by atoms with Gasteiger partial charge in [-0.1, -0.05) is 31.1 Å². The number of pyridine rings is 1. The van der Waals surface area contributed by atoms with Crippen molar-refractivity contribution in [3.8, 4) is 11.5 Å². The molecule has 0 atom stereocenters. The van der Waals surface area contributed by atoms with Crippen molar-refractivity contribution in [2.75, 3.05) is 38.6 Å². The summed E-state index contributed by atoms with van der Waals surface area (Å²) in [5.41, 5.74) is 7.11. The molecule has 3 rings (SSSR count). The highest BCUT2D eigenvalue weighted by Crippen LogP contribution is 2.31. The molecule has 0 aliphatic heterocycles. The molecule has 0 radical (unpaired) electrons. The number of aliphatic hydroxyl groups excluding tert-OH is 1. The number of rotatable bonds is 9. The molecule has 31 heavy (non-hydrogen) atoms. The van der Waals surface area contributed by atoms with E-state index in [1.165, 1.54) is 0 Å². The van der Waals surface area contributed by atoms with Crippen LogP contribution in [0.4, 0.5) is 5.82 Å². The molecule has 5 N–H and O–H groups in total. The molecule has 1 aromatic heterocycles. The maximum Gasteiger partial charge on any atom is 0.170 e. The van der Waals surface area contributed by atoms with E-state index in [9.17, 15) is 0 Å². The first-order valence-corrected chi connectivity index (χ1v) is 10.2. The van der Waals surface area contributed by atoms with Gasteiger partial charge in [0, 0.05) is 37.2 Å². The second-order valence-corrected chi connectivity index (χ2v) is 6.59. The number of oxime groups is 1. The molecule has 0 saturated heterocycles. The van der Waals surface area contributed by atoms with Crippen LogP contribution in [-0.2, 0) is 0 Å². The number of hydrogen-bond acceptors (Lipinski definition) is 7. The number of anilines is 1.